The highest BCUT2D eigenvalue weighted by Gasteiger charge is 2.34. The van der Waals surface area contributed by atoms with E-state index < -0.39 is 15.8 Å². The van der Waals surface area contributed by atoms with Crippen molar-refractivity contribution in [3.63, 3.8) is 0 Å². The van der Waals surface area contributed by atoms with Gasteiger partial charge in [-0.05, 0) is 42.7 Å². The average molecular weight is 373 g/mol. The molecule has 0 bridgehead atoms. The van der Waals surface area contributed by atoms with Crippen molar-refractivity contribution in [1.29, 1.82) is 0 Å². The minimum Gasteiger partial charge on any atom is -0.481 e. The van der Waals surface area contributed by atoms with E-state index in [1.165, 1.54) is 0 Å². The quantitative estimate of drug-likeness (QED) is 0.872. The zero-order valence-corrected chi connectivity index (χ0v) is 15.7. The molecule has 0 radical (unpaired) electrons. The van der Waals surface area contributed by atoms with Crippen LogP contribution in [0.4, 0.5) is 0 Å². The molecular formula is C20H23NO4S. The topological polar surface area (TPSA) is 74.7 Å². The molecule has 0 saturated carbocycles. The SMILES string of the molecule is Cc1ccc(S(=O)(=O)c2ccc(CN3C[C@@H](C)[C@H](C(=O)O)C3)cc2)cc1. The van der Waals surface area contributed by atoms with E-state index >= 15 is 0 Å². The fourth-order valence-electron chi connectivity index (χ4n) is 3.40. The predicted molar refractivity (Wildman–Crippen MR) is 98.6 cm³/mol. The maximum atomic E-state index is 12.7. The summed E-state index contributed by atoms with van der Waals surface area (Å²) in [4.78, 5) is 13.9. The molecule has 0 amide bonds. The van der Waals surface area contributed by atoms with Crippen molar-refractivity contribution in [3.8, 4) is 0 Å². The van der Waals surface area contributed by atoms with Crippen molar-refractivity contribution < 1.29 is 18.3 Å². The van der Waals surface area contributed by atoms with Crippen molar-refractivity contribution in [2.24, 2.45) is 11.8 Å². The normalized spacial score (nSPS) is 21.0. The van der Waals surface area contributed by atoms with Crippen LogP contribution in [-0.4, -0.2) is 37.5 Å². The average Bonchev–Trinajstić information content (AvgIpc) is 2.96. The fraction of sp³-hybridized carbons (Fsp3) is 0.350. The number of benzene rings is 2. The van der Waals surface area contributed by atoms with E-state index in [0.29, 0.717) is 13.1 Å². The van der Waals surface area contributed by atoms with Crippen molar-refractivity contribution in [3.05, 3.63) is 59.7 Å². The number of likely N-dealkylation sites (tertiary alicyclic amines) is 1. The molecule has 1 heterocycles. The molecular weight excluding hydrogens is 350 g/mol. The summed E-state index contributed by atoms with van der Waals surface area (Å²) in [5, 5.41) is 9.23. The third kappa shape index (κ3) is 3.81. The van der Waals surface area contributed by atoms with Crippen LogP contribution < -0.4 is 0 Å². The lowest BCUT2D eigenvalue weighted by Crippen LogP contribution is -2.23. The second-order valence-electron chi connectivity index (χ2n) is 7.08. The Kier molecular flexibility index (Phi) is 5.16. The maximum Gasteiger partial charge on any atom is 0.308 e. The zero-order valence-electron chi connectivity index (χ0n) is 14.9. The fourth-order valence-corrected chi connectivity index (χ4v) is 4.66. The molecule has 5 nitrogen and oxygen atoms in total. The Bertz CT molecular complexity index is 888. The van der Waals surface area contributed by atoms with Crippen LogP contribution in [0, 0.1) is 18.8 Å². The summed E-state index contributed by atoms with van der Waals surface area (Å²) in [6, 6.07) is 13.7. The second kappa shape index (κ2) is 7.21. The van der Waals surface area contributed by atoms with Gasteiger partial charge in [-0.3, -0.25) is 9.69 Å². The molecule has 1 saturated heterocycles. The minimum absolute atomic E-state index is 0.119. The van der Waals surface area contributed by atoms with E-state index in [1.54, 1.807) is 48.5 Å². The van der Waals surface area contributed by atoms with Gasteiger partial charge in [0, 0.05) is 19.6 Å². The molecule has 6 heteroatoms. The van der Waals surface area contributed by atoms with Gasteiger partial charge in [0.05, 0.1) is 15.7 Å². The number of carboxylic acids is 1. The number of nitrogens with zero attached hydrogens (tertiary/aromatic N) is 1. The Balaban J connectivity index is 1.73. The van der Waals surface area contributed by atoms with E-state index in [9.17, 15) is 18.3 Å². The lowest BCUT2D eigenvalue weighted by Gasteiger charge is -2.15. The molecule has 1 aliphatic heterocycles. The van der Waals surface area contributed by atoms with Crippen LogP contribution in [0.2, 0.25) is 0 Å². The minimum atomic E-state index is -3.52. The van der Waals surface area contributed by atoms with E-state index in [1.807, 2.05) is 13.8 Å². The van der Waals surface area contributed by atoms with E-state index in [-0.39, 0.29) is 21.6 Å². The highest BCUT2D eigenvalue weighted by molar-refractivity contribution is 7.91. The predicted octanol–water partition coefficient (Wildman–Crippen LogP) is 2.98. The molecule has 26 heavy (non-hydrogen) atoms. The number of aryl methyl sites for hydroxylation is 1. The lowest BCUT2D eigenvalue weighted by atomic mass is 9.99. The molecule has 2 atom stereocenters. The molecule has 1 aliphatic rings. The van der Waals surface area contributed by atoms with Crippen LogP contribution in [0.15, 0.2) is 58.3 Å². The number of sulfone groups is 1. The van der Waals surface area contributed by atoms with Crippen LogP contribution in [0.3, 0.4) is 0 Å². The number of carboxylic acid groups (broad SMARTS) is 1. The van der Waals surface area contributed by atoms with E-state index in [2.05, 4.69) is 4.90 Å². The molecule has 1 fully saturated rings. The van der Waals surface area contributed by atoms with Gasteiger partial charge in [-0.1, -0.05) is 36.8 Å². The number of hydrogen-bond acceptors (Lipinski definition) is 4. The number of rotatable bonds is 5. The number of hydrogen-bond donors (Lipinski definition) is 1. The van der Waals surface area contributed by atoms with Crippen molar-refractivity contribution in [2.75, 3.05) is 13.1 Å². The Morgan fingerprint density at radius 2 is 1.58 bits per heavy atom. The monoisotopic (exact) mass is 373 g/mol. The maximum absolute atomic E-state index is 12.7. The number of aliphatic carboxylic acids is 1. The Morgan fingerprint density at radius 3 is 2.08 bits per heavy atom. The smallest absolute Gasteiger partial charge is 0.308 e. The van der Waals surface area contributed by atoms with Gasteiger partial charge in [0.25, 0.3) is 0 Å². The molecule has 0 spiro atoms. The van der Waals surface area contributed by atoms with Gasteiger partial charge in [0.2, 0.25) is 9.84 Å². The van der Waals surface area contributed by atoms with Gasteiger partial charge in [0.1, 0.15) is 0 Å². The van der Waals surface area contributed by atoms with Crippen molar-refractivity contribution >= 4 is 15.8 Å². The molecule has 2 aromatic rings. The van der Waals surface area contributed by atoms with Crippen molar-refractivity contribution in [2.45, 2.75) is 30.2 Å². The van der Waals surface area contributed by atoms with Gasteiger partial charge in [-0.25, -0.2) is 8.42 Å². The standard InChI is InChI=1S/C20H23NO4S/c1-14-3-7-17(8-4-14)26(24,25)18-9-5-16(6-10-18)12-21-11-15(2)19(13-21)20(22)23/h3-10,15,19H,11-13H2,1-2H3,(H,22,23)/t15-,19-/m1/s1. The van der Waals surface area contributed by atoms with Gasteiger partial charge in [0.15, 0.2) is 0 Å². The molecule has 2 aromatic carbocycles. The highest BCUT2D eigenvalue weighted by atomic mass is 32.2. The van der Waals surface area contributed by atoms with Crippen LogP contribution in [0.5, 0.6) is 0 Å². The third-order valence-electron chi connectivity index (χ3n) is 4.98. The lowest BCUT2D eigenvalue weighted by molar-refractivity contribution is -0.142. The Labute approximate surface area is 154 Å². The third-order valence-corrected chi connectivity index (χ3v) is 6.76. The van der Waals surface area contributed by atoms with Gasteiger partial charge in [-0.2, -0.15) is 0 Å². The van der Waals surface area contributed by atoms with Crippen LogP contribution in [0.25, 0.3) is 0 Å². The summed E-state index contributed by atoms with van der Waals surface area (Å²) in [7, 11) is -3.52. The van der Waals surface area contributed by atoms with Crippen LogP contribution >= 0.6 is 0 Å². The first-order valence-electron chi connectivity index (χ1n) is 8.63. The summed E-state index contributed by atoms with van der Waals surface area (Å²) >= 11 is 0. The first kappa shape index (κ1) is 18.6. The van der Waals surface area contributed by atoms with E-state index in [0.717, 1.165) is 17.7 Å². The molecule has 1 N–H and O–H groups in total. The molecule has 0 aromatic heterocycles. The molecule has 0 unspecified atom stereocenters. The summed E-state index contributed by atoms with van der Waals surface area (Å²) in [6.07, 6.45) is 0. The largest absolute Gasteiger partial charge is 0.481 e. The summed E-state index contributed by atoms with van der Waals surface area (Å²) in [6.45, 7) is 5.76. The molecule has 138 valence electrons. The second-order valence-corrected chi connectivity index (χ2v) is 9.03. The zero-order chi connectivity index (χ0) is 18.9. The summed E-state index contributed by atoms with van der Waals surface area (Å²) < 4.78 is 25.4. The van der Waals surface area contributed by atoms with Gasteiger partial charge >= 0.3 is 5.97 Å². The number of carbonyl (C=O) groups is 1. The van der Waals surface area contributed by atoms with Crippen molar-refractivity contribution in [1.82, 2.24) is 4.90 Å². The van der Waals surface area contributed by atoms with Crippen LogP contribution in [0.1, 0.15) is 18.1 Å². The Hall–Kier alpha value is -2.18. The molecule has 3 rings (SSSR count). The van der Waals surface area contributed by atoms with Gasteiger partial charge < -0.3 is 5.11 Å². The summed E-state index contributed by atoms with van der Waals surface area (Å²) in [5.41, 5.74) is 1.99. The highest BCUT2D eigenvalue weighted by Crippen LogP contribution is 2.26. The van der Waals surface area contributed by atoms with Gasteiger partial charge in [-0.15, -0.1) is 0 Å². The first-order chi connectivity index (χ1) is 12.3. The first-order valence-corrected chi connectivity index (χ1v) is 10.1. The Morgan fingerprint density at radius 1 is 1.04 bits per heavy atom. The van der Waals surface area contributed by atoms with E-state index in [4.69, 9.17) is 0 Å². The molecule has 0 aliphatic carbocycles. The summed E-state index contributed by atoms with van der Waals surface area (Å²) in [5.74, 6) is -0.968. The van der Waals surface area contributed by atoms with Crippen LogP contribution in [-0.2, 0) is 21.2 Å².